The van der Waals surface area contributed by atoms with Crippen LogP contribution in [0.3, 0.4) is 0 Å². The van der Waals surface area contributed by atoms with E-state index in [2.05, 4.69) is 29.8 Å². The number of hydrogen-bond donors (Lipinski definition) is 3. The zero-order chi connectivity index (χ0) is 30.2. The van der Waals surface area contributed by atoms with Crippen LogP contribution in [-0.4, -0.2) is 90.4 Å². The SMILES string of the molecule is CN(C)C(=O)C(=O)[C@H](C[C@@H]1CCNC1=O)NC(=O)[C@@H]1[C@@H]2[C@H](CN1C(=O)[C@@H](NC(=O)C13CC(C1)C3)C(C)(C)C)C2(C)C. The topological polar surface area (TPSA) is 145 Å². The molecule has 6 atom stereocenters. The number of amides is 5. The van der Waals surface area contributed by atoms with Crippen molar-refractivity contribution in [2.75, 3.05) is 27.2 Å². The fourth-order valence-electron chi connectivity index (χ4n) is 7.68. The number of likely N-dealkylation sites (N-methyl/N-ethyl adjacent to an activating group) is 1. The van der Waals surface area contributed by atoms with Gasteiger partial charge in [0, 0.05) is 38.5 Å². The van der Waals surface area contributed by atoms with Crippen LogP contribution < -0.4 is 16.0 Å². The molecule has 2 heterocycles. The zero-order valence-corrected chi connectivity index (χ0v) is 25.3. The van der Waals surface area contributed by atoms with Crippen LogP contribution in [0.2, 0.25) is 0 Å². The second-order valence-electron chi connectivity index (χ2n) is 15.1. The Labute approximate surface area is 241 Å². The van der Waals surface area contributed by atoms with Gasteiger partial charge in [0.2, 0.25) is 29.4 Å². The molecule has 0 aromatic heterocycles. The highest BCUT2D eigenvalue weighted by molar-refractivity contribution is 6.38. The molecule has 0 spiro atoms. The molecule has 11 heteroatoms. The number of nitrogens with zero attached hydrogens (tertiary/aromatic N) is 2. The number of piperidine rings is 1. The van der Waals surface area contributed by atoms with E-state index in [1.165, 1.54) is 14.1 Å². The van der Waals surface area contributed by atoms with Crippen molar-refractivity contribution in [1.82, 2.24) is 25.8 Å². The fraction of sp³-hybridized carbons (Fsp3) is 0.800. The molecular formula is C30H45N5O6. The van der Waals surface area contributed by atoms with E-state index in [1.54, 1.807) is 4.90 Å². The van der Waals surface area contributed by atoms with Gasteiger partial charge < -0.3 is 25.8 Å². The molecule has 226 valence electrons. The Balaban J connectivity index is 1.37. The molecule has 0 aromatic rings. The van der Waals surface area contributed by atoms with Crippen LogP contribution in [0.5, 0.6) is 0 Å². The summed E-state index contributed by atoms with van der Waals surface area (Å²) in [5.41, 5.74) is -1.11. The van der Waals surface area contributed by atoms with Gasteiger partial charge in [-0.05, 0) is 60.7 Å². The highest BCUT2D eigenvalue weighted by atomic mass is 16.2. The van der Waals surface area contributed by atoms with Crippen LogP contribution in [0.1, 0.15) is 66.7 Å². The number of rotatable bonds is 9. The minimum atomic E-state index is -1.19. The van der Waals surface area contributed by atoms with E-state index in [0.717, 1.165) is 24.2 Å². The first-order valence-corrected chi connectivity index (χ1v) is 14.9. The Morgan fingerprint density at radius 2 is 1.71 bits per heavy atom. The zero-order valence-electron chi connectivity index (χ0n) is 25.3. The number of nitrogens with one attached hydrogen (secondary N) is 3. The van der Waals surface area contributed by atoms with E-state index < -0.39 is 47.1 Å². The fourth-order valence-corrected chi connectivity index (χ4v) is 7.68. The molecule has 0 unspecified atom stereocenters. The number of fused-ring (bicyclic) bond motifs is 1. The normalized spacial score (nSPS) is 33.8. The average molecular weight is 572 g/mol. The summed E-state index contributed by atoms with van der Waals surface area (Å²) in [5, 5.41) is 8.58. The summed E-state index contributed by atoms with van der Waals surface area (Å²) in [7, 11) is 2.92. The first kappa shape index (κ1) is 29.5. The molecule has 2 aliphatic heterocycles. The van der Waals surface area contributed by atoms with E-state index in [-0.39, 0.29) is 46.8 Å². The lowest BCUT2D eigenvalue weighted by molar-refractivity contribution is -0.168. The van der Waals surface area contributed by atoms with Crippen LogP contribution in [0.25, 0.3) is 0 Å². The van der Waals surface area contributed by atoms with Crippen molar-refractivity contribution in [2.24, 2.45) is 39.9 Å². The maximum Gasteiger partial charge on any atom is 0.291 e. The minimum Gasteiger partial charge on any atom is -0.356 e. The number of carbonyl (C=O) groups is 6. The standard InChI is InChI=1S/C30H45N5O6/c1-28(2,3)22(33-27(41)30-11-15(12-30)13-30)26(40)35-14-17-19(29(17,4)5)20(35)24(38)32-18(21(36)25(39)34(6)7)10-16-8-9-31-23(16)37/h15-20,22H,8-14H2,1-7H3,(H,31,37)(H,32,38)(H,33,41)/t15?,16-,17-,18-,19-,20-,22+,30?/m0/s1. The maximum absolute atomic E-state index is 14.2. The van der Waals surface area contributed by atoms with E-state index in [1.807, 2.05) is 20.8 Å². The van der Waals surface area contributed by atoms with Gasteiger partial charge in [-0.1, -0.05) is 34.6 Å². The molecule has 4 saturated carbocycles. The minimum absolute atomic E-state index is 0.0118. The number of Topliss-reactive ketones (excluding diaryl/α,β-unsaturated/α-hetero) is 1. The monoisotopic (exact) mass is 571 g/mol. The molecule has 6 aliphatic rings. The van der Waals surface area contributed by atoms with Crippen LogP contribution in [0.4, 0.5) is 0 Å². The predicted molar refractivity (Wildman–Crippen MR) is 149 cm³/mol. The van der Waals surface area contributed by atoms with Crippen LogP contribution in [0, 0.1) is 39.9 Å². The second-order valence-corrected chi connectivity index (χ2v) is 15.1. The Morgan fingerprint density at radius 1 is 1.07 bits per heavy atom. The summed E-state index contributed by atoms with van der Waals surface area (Å²) in [6.45, 7) is 10.7. The third-order valence-corrected chi connectivity index (χ3v) is 10.6. The lowest BCUT2D eigenvalue weighted by atomic mass is 9.44. The van der Waals surface area contributed by atoms with Gasteiger partial charge in [0.05, 0.1) is 6.04 Å². The van der Waals surface area contributed by atoms with Gasteiger partial charge in [-0.2, -0.15) is 0 Å². The van der Waals surface area contributed by atoms with E-state index in [9.17, 15) is 28.8 Å². The summed E-state index contributed by atoms with van der Waals surface area (Å²) in [5.74, 6) is -2.53. The number of carbonyl (C=O) groups excluding carboxylic acids is 6. The Bertz CT molecular complexity index is 1170. The summed E-state index contributed by atoms with van der Waals surface area (Å²) >= 11 is 0. The van der Waals surface area contributed by atoms with Crippen LogP contribution in [-0.2, 0) is 28.8 Å². The predicted octanol–water partition coefficient (Wildman–Crippen LogP) is 0.469. The number of likely N-dealkylation sites (tertiary alicyclic amines) is 1. The molecular weight excluding hydrogens is 526 g/mol. The third kappa shape index (κ3) is 4.92. The van der Waals surface area contributed by atoms with E-state index in [4.69, 9.17) is 0 Å². The van der Waals surface area contributed by atoms with Crippen molar-refractivity contribution >= 4 is 35.3 Å². The van der Waals surface area contributed by atoms with E-state index in [0.29, 0.717) is 25.4 Å². The summed E-state index contributed by atoms with van der Waals surface area (Å²) in [6, 6.07) is -2.84. The van der Waals surface area contributed by atoms with Crippen molar-refractivity contribution < 1.29 is 28.8 Å². The molecule has 4 aliphatic carbocycles. The molecule has 6 fully saturated rings. The molecule has 2 bridgehead atoms. The lowest BCUT2D eigenvalue weighted by Crippen LogP contribution is -2.66. The average Bonchev–Trinajstić information content (AvgIpc) is 3.16. The molecule has 11 nitrogen and oxygen atoms in total. The first-order chi connectivity index (χ1) is 19.0. The van der Waals surface area contributed by atoms with Gasteiger partial charge in [0.1, 0.15) is 12.1 Å². The molecule has 41 heavy (non-hydrogen) atoms. The molecule has 0 radical (unpaired) electrons. The van der Waals surface area contributed by atoms with Crippen molar-refractivity contribution in [3.63, 3.8) is 0 Å². The van der Waals surface area contributed by atoms with Gasteiger partial charge in [0.15, 0.2) is 0 Å². The molecule has 0 aromatic carbocycles. The van der Waals surface area contributed by atoms with Crippen molar-refractivity contribution in [2.45, 2.75) is 84.8 Å². The number of ketones is 1. The van der Waals surface area contributed by atoms with Crippen molar-refractivity contribution in [3.8, 4) is 0 Å². The molecule has 6 rings (SSSR count). The summed E-state index contributed by atoms with van der Waals surface area (Å²) < 4.78 is 0. The van der Waals surface area contributed by atoms with Gasteiger partial charge in [-0.3, -0.25) is 28.8 Å². The maximum atomic E-state index is 14.2. The number of hydrogen-bond acceptors (Lipinski definition) is 6. The summed E-state index contributed by atoms with van der Waals surface area (Å²) in [6.07, 6.45) is 3.14. The quantitative estimate of drug-likeness (QED) is 0.343. The van der Waals surface area contributed by atoms with Crippen molar-refractivity contribution in [3.05, 3.63) is 0 Å². The Kier molecular flexibility index (Phi) is 7.05. The Hall–Kier alpha value is -2.98. The molecule has 2 saturated heterocycles. The first-order valence-electron chi connectivity index (χ1n) is 14.9. The van der Waals surface area contributed by atoms with Crippen LogP contribution in [0.15, 0.2) is 0 Å². The van der Waals surface area contributed by atoms with Gasteiger partial charge in [-0.15, -0.1) is 0 Å². The summed E-state index contributed by atoms with van der Waals surface area (Å²) in [4.78, 5) is 82.2. The molecule has 3 N–H and O–H groups in total. The highest BCUT2D eigenvalue weighted by Gasteiger charge is 2.70. The third-order valence-electron chi connectivity index (χ3n) is 10.6. The van der Waals surface area contributed by atoms with Gasteiger partial charge >= 0.3 is 0 Å². The largest absolute Gasteiger partial charge is 0.356 e. The van der Waals surface area contributed by atoms with Crippen LogP contribution >= 0.6 is 0 Å². The smallest absolute Gasteiger partial charge is 0.291 e. The van der Waals surface area contributed by atoms with Gasteiger partial charge in [-0.25, -0.2) is 0 Å². The van der Waals surface area contributed by atoms with Crippen molar-refractivity contribution in [1.29, 1.82) is 0 Å². The lowest BCUT2D eigenvalue weighted by Gasteiger charge is -2.60. The van der Waals surface area contributed by atoms with Gasteiger partial charge in [0.25, 0.3) is 5.91 Å². The molecule has 5 amide bonds. The highest BCUT2D eigenvalue weighted by Crippen LogP contribution is 2.66. The van der Waals surface area contributed by atoms with E-state index >= 15 is 0 Å². The Morgan fingerprint density at radius 3 is 2.20 bits per heavy atom. The second kappa shape index (κ2) is 9.80.